The van der Waals surface area contributed by atoms with Crippen molar-refractivity contribution in [1.82, 2.24) is 5.32 Å². The molecule has 1 aromatic carbocycles. The monoisotopic (exact) mass is 561 g/mol. The summed E-state index contributed by atoms with van der Waals surface area (Å²) < 4.78 is 21.9. The second kappa shape index (κ2) is 13.4. The molecule has 13 nitrogen and oxygen atoms in total. The Bertz CT molecular complexity index is 1180. The Morgan fingerprint density at radius 2 is 1.70 bits per heavy atom. The van der Waals surface area contributed by atoms with Gasteiger partial charge in [-0.1, -0.05) is 30.1 Å². The molecule has 0 bridgehead atoms. The van der Waals surface area contributed by atoms with Crippen LogP contribution in [0.15, 0.2) is 23.4 Å². The number of unbranched alkanes of at least 4 members (excludes halogenated alkanes) is 1. The molecule has 0 aromatic heterocycles. The first-order valence-corrected chi connectivity index (χ1v) is 13.0. The molecule has 1 N–H and O–H groups in total. The molecule has 0 aliphatic carbocycles. The SMILES string of the molecule is CCCCN1C(=O)/C(=N\O[C@@H]2O[C@@H](COC(C)=O)[C@@H](OC(C)=O)[C@@H](OC(C)=O)[C@H]2NC(C)=O)c2cc(C)ccc21. The van der Waals surface area contributed by atoms with Crippen LogP contribution in [0.3, 0.4) is 0 Å². The molecule has 40 heavy (non-hydrogen) atoms. The van der Waals surface area contributed by atoms with Gasteiger partial charge in [0.05, 0.1) is 5.69 Å². The van der Waals surface area contributed by atoms with Crippen LogP contribution in [0.5, 0.6) is 0 Å². The summed E-state index contributed by atoms with van der Waals surface area (Å²) in [6, 6.07) is 4.34. The molecule has 2 aliphatic heterocycles. The van der Waals surface area contributed by atoms with Crippen molar-refractivity contribution in [2.45, 2.75) is 85.0 Å². The van der Waals surface area contributed by atoms with Crippen LogP contribution < -0.4 is 10.2 Å². The molecule has 1 fully saturated rings. The van der Waals surface area contributed by atoms with Gasteiger partial charge in [0, 0.05) is 39.8 Å². The molecule has 13 heteroatoms. The summed E-state index contributed by atoms with van der Waals surface area (Å²) in [4.78, 5) is 68.3. The van der Waals surface area contributed by atoms with E-state index in [4.69, 9.17) is 23.8 Å². The Morgan fingerprint density at radius 1 is 1.02 bits per heavy atom. The van der Waals surface area contributed by atoms with Crippen LogP contribution in [-0.2, 0) is 47.8 Å². The second-order valence-electron chi connectivity index (χ2n) is 9.60. The second-order valence-corrected chi connectivity index (χ2v) is 9.60. The molecule has 3 rings (SSSR count). The highest BCUT2D eigenvalue weighted by Gasteiger charge is 2.52. The Morgan fingerprint density at radius 3 is 2.30 bits per heavy atom. The van der Waals surface area contributed by atoms with Crippen molar-refractivity contribution in [1.29, 1.82) is 0 Å². The van der Waals surface area contributed by atoms with E-state index in [-0.39, 0.29) is 18.2 Å². The molecule has 218 valence electrons. The number of benzene rings is 1. The highest BCUT2D eigenvalue weighted by molar-refractivity contribution is 6.54. The fourth-order valence-corrected chi connectivity index (χ4v) is 4.54. The van der Waals surface area contributed by atoms with Gasteiger partial charge in [-0.05, 0) is 25.5 Å². The Kier molecular flexibility index (Phi) is 10.2. The van der Waals surface area contributed by atoms with Gasteiger partial charge in [-0.2, -0.15) is 0 Å². The summed E-state index contributed by atoms with van der Waals surface area (Å²) in [6.07, 6.45) is -3.51. The third-order valence-corrected chi connectivity index (χ3v) is 6.20. The summed E-state index contributed by atoms with van der Waals surface area (Å²) in [5.41, 5.74) is 2.19. The zero-order chi connectivity index (χ0) is 29.6. The van der Waals surface area contributed by atoms with E-state index < -0.39 is 54.5 Å². The van der Waals surface area contributed by atoms with Gasteiger partial charge in [0.15, 0.2) is 17.9 Å². The van der Waals surface area contributed by atoms with Crippen molar-refractivity contribution in [2.75, 3.05) is 18.1 Å². The predicted molar refractivity (Wildman–Crippen MR) is 140 cm³/mol. The number of nitrogens with one attached hydrogen (secondary N) is 1. The zero-order valence-electron chi connectivity index (χ0n) is 23.4. The minimum Gasteiger partial charge on any atom is -0.463 e. The number of rotatable bonds is 10. The lowest BCUT2D eigenvalue weighted by Crippen LogP contribution is -2.66. The van der Waals surface area contributed by atoms with Gasteiger partial charge in [-0.25, -0.2) is 0 Å². The average molecular weight is 562 g/mol. The van der Waals surface area contributed by atoms with Gasteiger partial charge < -0.3 is 34.0 Å². The third-order valence-electron chi connectivity index (χ3n) is 6.20. The van der Waals surface area contributed by atoms with Gasteiger partial charge >= 0.3 is 17.9 Å². The molecular weight excluding hydrogens is 526 g/mol. The lowest BCUT2D eigenvalue weighted by molar-refractivity contribution is -0.278. The van der Waals surface area contributed by atoms with Gasteiger partial charge in [-0.3, -0.25) is 24.0 Å². The predicted octanol–water partition coefficient (Wildman–Crippen LogP) is 1.52. The van der Waals surface area contributed by atoms with Crippen molar-refractivity contribution in [2.24, 2.45) is 5.16 Å². The van der Waals surface area contributed by atoms with E-state index in [0.717, 1.165) is 32.3 Å². The molecule has 0 unspecified atom stereocenters. The number of nitrogens with zero attached hydrogens (tertiary/aromatic N) is 2. The summed E-state index contributed by atoms with van der Waals surface area (Å²) >= 11 is 0. The number of esters is 3. The Hall–Kier alpha value is -4.00. The van der Waals surface area contributed by atoms with E-state index >= 15 is 0 Å². The Labute approximate surface area is 232 Å². The molecule has 0 radical (unpaired) electrons. The van der Waals surface area contributed by atoms with Crippen molar-refractivity contribution in [3.8, 4) is 0 Å². The number of amides is 2. The molecule has 0 saturated carbocycles. The molecule has 0 spiro atoms. The van der Waals surface area contributed by atoms with Crippen molar-refractivity contribution < 1.29 is 47.8 Å². The lowest BCUT2D eigenvalue weighted by Gasteiger charge is -2.43. The first-order chi connectivity index (χ1) is 18.9. The summed E-state index contributed by atoms with van der Waals surface area (Å²) in [7, 11) is 0. The van der Waals surface area contributed by atoms with Crippen LogP contribution in [0.25, 0.3) is 0 Å². The average Bonchev–Trinajstić information content (AvgIpc) is 3.11. The molecule has 2 aliphatic rings. The number of carbonyl (C=O) groups is 5. The fourth-order valence-electron chi connectivity index (χ4n) is 4.54. The molecule has 1 saturated heterocycles. The smallest absolute Gasteiger partial charge is 0.303 e. The topological polar surface area (TPSA) is 159 Å². The summed E-state index contributed by atoms with van der Waals surface area (Å²) in [6.45, 7) is 8.70. The number of anilines is 1. The van der Waals surface area contributed by atoms with E-state index in [0.29, 0.717) is 17.8 Å². The molecular formula is C27H35N3O10. The first kappa shape index (κ1) is 30.5. The quantitative estimate of drug-likeness (QED) is 0.252. The van der Waals surface area contributed by atoms with E-state index in [9.17, 15) is 24.0 Å². The van der Waals surface area contributed by atoms with Gasteiger partial charge in [0.25, 0.3) is 12.2 Å². The van der Waals surface area contributed by atoms with E-state index in [1.807, 2.05) is 32.0 Å². The maximum atomic E-state index is 13.4. The number of ether oxygens (including phenoxy) is 4. The number of aryl methyl sites for hydroxylation is 1. The van der Waals surface area contributed by atoms with Gasteiger partial charge in [0.1, 0.15) is 18.8 Å². The number of carbonyl (C=O) groups excluding carboxylic acids is 5. The maximum absolute atomic E-state index is 13.4. The zero-order valence-corrected chi connectivity index (χ0v) is 23.4. The standard InChI is InChI=1S/C27H35N3O10/c1-7-8-11-30-20-10-9-14(2)12-19(20)22(26(30)35)29-40-27-23(28-15(3)31)25(38-18(6)34)24(37-17(5)33)21(39-27)13-36-16(4)32/h9-10,12,21,23-25,27H,7-8,11,13H2,1-6H3,(H,28,31)/b29-22-/t21-,23+,24+,25-,27-/m0/s1. The molecule has 2 amide bonds. The third kappa shape index (κ3) is 7.34. The van der Waals surface area contributed by atoms with Gasteiger partial charge in [-0.15, -0.1) is 0 Å². The molecule has 5 atom stereocenters. The highest BCUT2D eigenvalue weighted by Crippen LogP contribution is 2.32. The van der Waals surface area contributed by atoms with E-state index in [2.05, 4.69) is 10.5 Å². The van der Waals surface area contributed by atoms with Crippen molar-refractivity contribution >= 4 is 41.1 Å². The highest BCUT2D eigenvalue weighted by atomic mass is 16.8. The van der Waals surface area contributed by atoms with Gasteiger partial charge in [0.2, 0.25) is 5.91 Å². The first-order valence-electron chi connectivity index (χ1n) is 13.0. The van der Waals surface area contributed by atoms with Crippen LogP contribution in [0.2, 0.25) is 0 Å². The maximum Gasteiger partial charge on any atom is 0.303 e. The Balaban J connectivity index is 2.02. The summed E-state index contributed by atoms with van der Waals surface area (Å²) in [5.74, 6) is -3.00. The van der Waals surface area contributed by atoms with Crippen LogP contribution >= 0.6 is 0 Å². The number of oxime groups is 1. The molecule has 2 heterocycles. The van der Waals surface area contributed by atoms with Crippen LogP contribution in [0.1, 0.15) is 58.6 Å². The van der Waals surface area contributed by atoms with Crippen LogP contribution in [0.4, 0.5) is 5.69 Å². The van der Waals surface area contributed by atoms with Crippen molar-refractivity contribution in [3.63, 3.8) is 0 Å². The lowest BCUT2D eigenvalue weighted by atomic mass is 9.96. The van der Waals surface area contributed by atoms with E-state index in [1.54, 1.807) is 4.90 Å². The number of hydrogen-bond acceptors (Lipinski definition) is 11. The number of hydrogen-bond donors (Lipinski definition) is 1. The normalized spacial score (nSPS) is 24.8. The fraction of sp³-hybridized carbons (Fsp3) is 0.556. The van der Waals surface area contributed by atoms with E-state index in [1.165, 1.54) is 13.8 Å². The number of fused-ring (bicyclic) bond motifs is 1. The van der Waals surface area contributed by atoms with Crippen LogP contribution in [-0.4, -0.2) is 79.2 Å². The summed E-state index contributed by atoms with van der Waals surface area (Å²) in [5, 5.41) is 6.75. The minimum atomic E-state index is -1.43. The molecule has 1 aromatic rings. The largest absolute Gasteiger partial charge is 0.463 e. The minimum absolute atomic E-state index is 0.0302. The van der Waals surface area contributed by atoms with Crippen LogP contribution in [0, 0.1) is 6.92 Å². The van der Waals surface area contributed by atoms with Crippen molar-refractivity contribution in [3.05, 3.63) is 29.3 Å².